The molecule has 1 saturated heterocycles. The van der Waals surface area contributed by atoms with Crippen molar-refractivity contribution in [3.8, 4) is 0 Å². The quantitative estimate of drug-likeness (QED) is 0.869. The van der Waals surface area contributed by atoms with Crippen LogP contribution >= 0.6 is 0 Å². The van der Waals surface area contributed by atoms with E-state index in [-0.39, 0.29) is 11.3 Å². The number of nitrogens with zero attached hydrogens (tertiary/aromatic N) is 2. The largest absolute Gasteiger partial charge is 0.369 e. The fraction of sp³-hybridized carbons (Fsp3) is 0.682. The number of benzene rings is 1. The lowest BCUT2D eigenvalue weighted by Crippen LogP contribution is -2.62. The lowest BCUT2D eigenvalue weighted by molar-refractivity contribution is -0.124. The molecule has 144 valence electrons. The molecule has 0 radical (unpaired) electrons. The van der Waals surface area contributed by atoms with Crippen molar-refractivity contribution in [1.82, 2.24) is 4.90 Å². The molecule has 1 aromatic carbocycles. The first-order valence-electron chi connectivity index (χ1n) is 10.1. The van der Waals surface area contributed by atoms with Gasteiger partial charge in [-0.2, -0.15) is 0 Å². The Hall–Kier alpha value is -1.55. The van der Waals surface area contributed by atoms with Gasteiger partial charge in [0, 0.05) is 26.2 Å². The summed E-state index contributed by atoms with van der Waals surface area (Å²) in [5.74, 6) is 0.938. The highest BCUT2D eigenvalue weighted by molar-refractivity contribution is 6.08. The zero-order chi connectivity index (χ0) is 18.9. The standard InChI is InChI=1S/C22H35N3O/c1-17(2)16-24-13-11-22(12-14-24)20(26)25(15-10-21(3,4)5)19-9-7-6-8-18(19)23-22/h6-9,17,23H,10-16H2,1-5H3. The summed E-state index contributed by atoms with van der Waals surface area (Å²) in [6.45, 7) is 15.1. The van der Waals surface area contributed by atoms with Crippen LogP contribution in [0.4, 0.5) is 11.4 Å². The lowest BCUT2D eigenvalue weighted by atomic mass is 9.82. The number of amides is 1. The molecule has 1 spiro atoms. The maximum Gasteiger partial charge on any atom is 0.252 e. The molecule has 2 heterocycles. The van der Waals surface area contributed by atoms with E-state index < -0.39 is 5.54 Å². The number of anilines is 2. The van der Waals surface area contributed by atoms with E-state index >= 15 is 0 Å². The Labute approximate surface area is 158 Å². The summed E-state index contributed by atoms with van der Waals surface area (Å²) < 4.78 is 0. The van der Waals surface area contributed by atoms with Crippen molar-refractivity contribution in [2.24, 2.45) is 11.3 Å². The Bertz CT molecular complexity index is 639. The van der Waals surface area contributed by atoms with Crippen LogP contribution in [0.2, 0.25) is 0 Å². The van der Waals surface area contributed by atoms with Crippen molar-refractivity contribution < 1.29 is 4.79 Å². The number of carbonyl (C=O) groups is 1. The number of hydrogen-bond donors (Lipinski definition) is 1. The lowest BCUT2D eigenvalue weighted by Gasteiger charge is -2.48. The van der Waals surface area contributed by atoms with Gasteiger partial charge in [0.05, 0.1) is 11.4 Å². The Morgan fingerprint density at radius 2 is 1.81 bits per heavy atom. The van der Waals surface area contributed by atoms with Crippen molar-refractivity contribution in [3.63, 3.8) is 0 Å². The van der Waals surface area contributed by atoms with Crippen LogP contribution < -0.4 is 10.2 Å². The minimum Gasteiger partial charge on any atom is -0.369 e. The molecule has 2 aliphatic heterocycles. The van der Waals surface area contributed by atoms with Gasteiger partial charge in [0.1, 0.15) is 5.54 Å². The van der Waals surface area contributed by atoms with Crippen LogP contribution in [0.1, 0.15) is 53.9 Å². The number of piperidine rings is 1. The second kappa shape index (κ2) is 7.22. The molecule has 0 saturated carbocycles. The first-order valence-corrected chi connectivity index (χ1v) is 10.1. The summed E-state index contributed by atoms with van der Waals surface area (Å²) in [6.07, 6.45) is 2.78. The van der Waals surface area contributed by atoms with Crippen LogP contribution in [-0.2, 0) is 4.79 Å². The number of fused-ring (bicyclic) bond motifs is 1. The van der Waals surface area contributed by atoms with Gasteiger partial charge in [0.15, 0.2) is 0 Å². The summed E-state index contributed by atoms with van der Waals surface area (Å²) >= 11 is 0. The normalized spacial score (nSPS) is 20.4. The average Bonchev–Trinajstić information content (AvgIpc) is 2.56. The van der Waals surface area contributed by atoms with Gasteiger partial charge in [-0.3, -0.25) is 4.79 Å². The number of para-hydroxylation sites is 2. The van der Waals surface area contributed by atoms with Crippen LogP contribution in [0.25, 0.3) is 0 Å². The predicted molar refractivity (Wildman–Crippen MR) is 110 cm³/mol. The van der Waals surface area contributed by atoms with E-state index in [1.165, 1.54) is 0 Å². The molecule has 1 amide bonds. The SMILES string of the molecule is CC(C)CN1CCC2(CC1)Nc1ccccc1N(CCC(C)(C)C)C2=O. The van der Waals surface area contributed by atoms with Crippen molar-refractivity contribution >= 4 is 17.3 Å². The number of likely N-dealkylation sites (tertiary alicyclic amines) is 1. The third kappa shape index (κ3) is 4.06. The third-order valence-electron chi connectivity index (χ3n) is 5.64. The van der Waals surface area contributed by atoms with Gasteiger partial charge in [-0.25, -0.2) is 0 Å². The smallest absolute Gasteiger partial charge is 0.252 e. The van der Waals surface area contributed by atoms with Gasteiger partial charge in [-0.05, 0) is 42.7 Å². The molecule has 0 bridgehead atoms. The summed E-state index contributed by atoms with van der Waals surface area (Å²) in [7, 11) is 0. The van der Waals surface area contributed by atoms with Crippen LogP contribution in [0.3, 0.4) is 0 Å². The van der Waals surface area contributed by atoms with E-state index in [0.29, 0.717) is 5.92 Å². The molecule has 4 heteroatoms. The third-order valence-corrected chi connectivity index (χ3v) is 5.64. The van der Waals surface area contributed by atoms with Gasteiger partial charge in [-0.1, -0.05) is 46.8 Å². The monoisotopic (exact) mass is 357 g/mol. The van der Waals surface area contributed by atoms with E-state index in [2.05, 4.69) is 67.9 Å². The van der Waals surface area contributed by atoms with Crippen molar-refractivity contribution in [2.45, 2.75) is 59.4 Å². The molecule has 2 aliphatic rings. The molecule has 1 N–H and O–H groups in total. The predicted octanol–water partition coefficient (Wildman–Crippen LogP) is 4.37. The van der Waals surface area contributed by atoms with Gasteiger partial charge >= 0.3 is 0 Å². The number of rotatable bonds is 4. The summed E-state index contributed by atoms with van der Waals surface area (Å²) in [6, 6.07) is 8.28. The molecule has 1 fully saturated rings. The Morgan fingerprint density at radius 3 is 2.42 bits per heavy atom. The van der Waals surface area contributed by atoms with E-state index in [4.69, 9.17) is 0 Å². The molecule has 0 aromatic heterocycles. The van der Waals surface area contributed by atoms with Crippen molar-refractivity contribution in [1.29, 1.82) is 0 Å². The zero-order valence-electron chi connectivity index (χ0n) is 17.1. The summed E-state index contributed by atoms with van der Waals surface area (Å²) in [5.41, 5.74) is 1.93. The number of carbonyl (C=O) groups excluding carboxylic acids is 1. The highest BCUT2D eigenvalue weighted by Gasteiger charge is 2.47. The van der Waals surface area contributed by atoms with Gasteiger partial charge in [-0.15, -0.1) is 0 Å². The molecule has 0 atom stereocenters. The highest BCUT2D eigenvalue weighted by atomic mass is 16.2. The van der Waals surface area contributed by atoms with Crippen LogP contribution in [-0.4, -0.2) is 42.5 Å². The second-order valence-electron chi connectivity index (χ2n) is 9.69. The zero-order valence-corrected chi connectivity index (χ0v) is 17.1. The maximum absolute atomic E-state index is 13.6. The minimum absolute atomic E-state index is 0.216. The molecular formula is C22H35N3O. The minimum atomic E-state index is -0.431. The van der Waals surface area contributed by atoms with Gasteiger partial charge in [0.2, 0.25) is 0 Å². The summed E-state index contributed by atoms with van der Waals surface area (Å²) in [5, 5.41) is 3.65. The second-order valence-corrected chi connectivity index (χ2v) is 9.69. The molecule has 0 unspecified atom stereocenters. The van der Waals surface area contributed by atoms with Gasteiger partial charge < -0.3 is 15.1 Å². The van der Waals surface area contributed by atoms with E-state index in [1.807, 2.05) is 6.07 Å². The van der Waals surface area contributed by atoms with Crippen LogP contribution in [0.15, 0.2) is 24.3 Å². The fourth-order valence-electron chi connectivity index (χ4n) is 4.14. The number of hydrogen-bond acceptors (Lipinski definition) is 3. The average molecular weight is 358 g/mol. The maximum atomic E-state index is 13.6. The summed E-state index contributed by atoms with van der Waals surface area (Å²) in [4.78, 5) is 18.1. The first-order chi connectivity index (χ1) is 12.2. The fourth-order valence-corrected chi connectivity index (χ4v) is 4.14. The Kier molecular flexibility index (Phi) is 5.34. The molecular weight excluding hydrogens is 322 g/mol. The van der Waals surface area contributed by atoms with Crippen LogP contribution in [0.5, 0.6) is 0 Å². The van der Waals surface area contributed by atoms with Crippen molar-refractivity contribution in [3.05, 3.63) is 24.3 Å². The molecule has 3 rings (SSSR count). The van der Waals surface area contributed by atoms with E-state index in [9.17, 15) is 4.79 Å². The van der Waals surface area contributed by atoms with E-state index in [0.717, 1.165) is 56.8 Å². The molecule has 0 aliphatic carbocycles. The Balaban J connectivity index is 1.82. The molecule has 26 heavy (non-hydrogen) atoms. The number of nitrogens with one attached hydrogen (secondary N) is 1. The van der Waals surface area contributed by atoms with Gasteiger partial charge in [0.25, 0.3) is 5.91 Å². The Morgan fingerprint density at radius 1 is 1.15 bits per heavy atom. The van der Waals surface area contributed by atoms with Crippen molar-refractivity contribution in [2.75, 3.05) is 36.4 Å². The van der Waals surface area contributed by atoms with E-state index in [1.54, 1.807) is 0 Å². The molecule has 4 nitrogen and oxygen atoms in total. The van der Waals surface area contributed by atoms with Crippen LogP contribution in [0, 0.1) is 11.3 Å². The highest BCUT2D eigenvalue weighted by Crippen LogP contribution is 2.40. The topological polar surface area (TPSA) is 35.6 Å². The molecule has 1 aromatic rings. The first kappa shape index (κ1) is 19.2.